The topological polar surface area (TPSA) is 72.2 Å². The molecule has 6 nitrogen and oxygen atoms in total. The first-order valence-corrected chi connectivity index (χ1v) is 12.4. The summed E-state index contributed by atoms with van der Waals surface area (Å²) in [5, 5.41) is 7.84. The molecule has 0 bridgehead atoms. The molecular formula is C29H28ClN5O. The number of aromatic nitrogens is 3. The normalized spacial score (nSPS) is 13.3. The molecule has 4 aromatic rings. The number of hydrogen-bond acceptors (Lipinski definition) is 4. The second-order valence-corrected chi connectivity index (χ2v) is 9.78. The van der Waals surface area contributed by atoms with Gasteiger partial charge in [-0.15, -0.1) is 0 Å². The molecule has 0 spiro atoms. The zero-order chi connectivity index (χ0) is 25.4. The number of aliphatic imine (C=N–C) groups is 1. The average Bonchev–Trinajstić information content (AvgIpc) is 3.45. The fourth-order valence-corrected chi connectivity index (χ4v) is 5.06. The Labute approximate surface area is 216 Å². The molecule has 182 valence electrons. The van der Waals surface area contributed by atoms with Crippen molar-refractivity contribution in [3.63, 3.8) is 0 Å². The molecule has 5 rings (SSSR count). The summed E-state index contributed by atoms with van der Waals surface area (Å²) in [6, 6.07) is 18.2. The lowest BCUT2D eigenvalue weighted by Gasteiger charge is -2.19. The predicted molar refractivity (Wildman–Crippen MR) is 144 cm³/mol. The molecule has 1 amide bonds. The summed E-state index contributed by atoms with van der Waals surface area (Å²) in [4.78, 5) is 22.5. The second-order valence-electron chi connectivity index (χ2n) is 9.37. The molecule has 0 fully saturated rings. The van der Waals surface area contributed by atoms with Gasteiger partial charge in [0.15, 0.2) is 0 Å². The van der Waals surface area contributed by atoms with E-state index in [4.69, 9.17) is 16.6 Å². The van der Waals surface area contributed by atoms with Crippen LogP contribution in [-0.2, 0) is 6.42 Å². The number of rotatable bonds is 6. The molecule has 0 aliphatic carbocycles. The molecule has 7 heteroatoms. The van der Waals surface area contributed by atoms with Crippen LogP contribution in [0.3, 0.4) is 0 Å². The first-order valence-electron chi connectivity index (χ1n) is 12.0. The minimum Gasteiger partial charge on any atom is -0.351 e. The molecular weight excluding hydrogens is 470 g/mol. The van der Waals surface area contributed by atoms with Crippen molar-refractivity contribution in [1.82, 2.24) is 20.1 Å². The minimum absolute atomic E-state index is 0.0420. The van der Waals surface area contributed by atoms with Crippen molar-refractivity contribution < 1.29 is 4.79 Å². The van der Waals surface area contributed by atoms with E-state index in [-0.39, 0.29) is 11.8 Å². The van der Waals surface area contributed by atoms with E-state index in [0.29, 0.717) is 23.0 Å². The van der Waals surface area contributed by atoms with Gasteiger partial charge in [-0.05, 0) is 73.7 Å². The lowest BCUT2D eigenvalue weighted by molar-refractivity contribution is 0.0952. The molecule has 1 unspecified atom stereocenters. The molecule has 1 N–H and O–H groups in total. The third kappa shape index (κ3) is 4.69. The zero-order valence-electron chi connectivity index (χ0n) is 20.8. The van der Waals surface area contributed by atoms with E-state index in [9.17, 15) is 4.79 Å². The van der Waals surface area contributed by atoms with Crippen LogP contribution in [0, 0.1) is 27.7 Å². The SMILES string of the molecule is Cc1ncn(-c2cc(C)c(C(=O)NCC(C3=Nc4cc(C)c(C)cc4C3)c3ccccc3)c(Cl)c2)n1. The number of hydrogen-bond donors (Lipinski definition) is 1. The van der Waals surface area contributed by atoms with E-state index in [2.05, 4.69) is 53.5 Å². The number of nitrogens with zero attached hydrogens (tertiary/aromatic N) is 4. The number of carbonyl (C=O) groups excluding carboxylic acids is 1. The van der Waals surface area contributed by atoms with Crippen LogP contribution in [0.25, 0.3) is 5.69 Å². The zero-order valence-corrected chi connectivity index (χ0v) is 21.6. The highest BCUT2D eigenvalue weighted by Gasteiger charge is 2.26. The Bertz CT molecular complexity index is 1470. The van der Waals surface area contributed by atoms with Gasteiger partial charge in [-0.25, -0.2) is 9.67 Å². The van der Waals surface area contributed by atoms with Gasteiger partial charge < -0.3 is 5.32 Å². The average molecular weight is 498 g/mol. The Balaban J connectivity index is 1.39. The van der Waals surface area contributed by atoms with Crippen molar-refractivity contribution >= 4 is 28.9 Å². The van der Waals surface area contributed by atoms with Gasteiger partial charge in [0, 0.05) is 24.6 Å². The smallest absolute Gasteiger partial charge is 0.253 e. The van der Waals surface area contributed by atoms with Crippen molar-refractivity contribution in [2.75, 3.05) is 6.54 Å². The molecule has 0 saturated heterocycles. The van der Waals surface area contributed by atoms with Gasteiger partial charge in [-0.1, -0.05) is 48.0 Å². The van der Waals surface area contributed by atoms with Gasteiger partial charge in [0.25, 0.3) is 5.91 Å². The predicted octanol–water partition coefficient (Wildman–Crippen LogP) is 6.00. The third-order valence-electron chi connectivity index (χ3n) is 6.77. The Morgan fingerprint density at radius 3 is 2.47 bits per heavy atom. The summed E-state index contributed by atoms with van der Waals surface area (Å²) in [5.74, 6) is 0.419. The first-order chi connectivity index (χ1) is 17.3. The Morgan fingerprint density at radius 1 is 1.03 bits per heavy atom. The Morgan fingerprint density at radius 2 is 1.78 bits per heavy atom. The molecule has 0 saturated carbocycles. The van der Waals surface area contributed by atoms with E-state index in [1.54, 1.807) is 17.1 Å². The van der Waals surface area contributed by atoms with Crippen molar-refractivity contribution in [3.8, 4) is 5.69 Å². The largest absolute Gasteiger partial charge is 0.351 e. The fraction of sp³-hybridized carbons (Fsp3) is 0.241. The van der Waals surface area contributed by atoms with Crippen LogP contribution in [0.15, 0.2) is 65.9 Å². The maximum Gasteiger partial charge on any atom is 0.253 e. The Kier molecular flexibility index (Phi) is 6.46. The molecule has 1 aliphatic heterocycles. The van der Waals surface area contributed by atoms with Crippen molar-refractivity contribution in [2.24, 2.45) is 4.99 Å². The Hall–Kier alpha value is -3.77. The number of halogens is 1. The molecule has 36 heavy (non-hydrogen) atoms. The molecule has 1 aliphatic rings. The summed E-state index contributed by atoms with van der Waals surface area (Å²) in [7, 11) is 0. The van der Waals surface area contributed by atoms with E-state index >= 15 is 0 Å². The van der Waals surface area contributed by atoms with Crippen LogP contribution >= 0.6 is 11.6 Å². The lowest BCUT2D eigenvalue weighted by Crippen LogP contribution is -2.32. The molecule has 3 aromatic carbocycles. The van der Waals surface area contributed by atoms with Crippen LogP contribution in [0.1, 0.15) is 49.9 Å². The summed E-state index contributed by atoms with van der Waals surface area (Å²) in [6.45, 7) is 8.37. The lowest BCUT2D eigenvalue weighted by atomic mass is 9.90. The second kappa shape index (κ2) is 9.70. The highest BCUT2D eigenvalue weighted by atomic mass is 35.5. The first kappa shape index (κ1) is 23.9. The molecule has 1 atom stereocenters. The summed E-state index contributed by atoms with van der Waals surface area (Å²) in [5.41, 5.74) is 8.95. The van der Waals surface area contributed by atoms with Crippen LogP contribution in [0.2, 0.25) is 5.02 Å². The summed E-state index contributed by atoms with van der Waals surface area (Å²) >= 11 is 6.59. The quantitative estimate of drug-likeness (QED) is 0.355. The highest BCUT2D eigenvalue weighted by Crippen LogP contribution is 2.34. The van der Waals surface area contributed by atoms with E-state index < -0.39 is 0 Å². The van der Waals surface area contributed by atoms with Crippen molar-refractivity contribution in [3.05, 3.63) is 105 Å². The van der Waals surface area contributed by atoms with Gasteiger partial charge in [0.1, 0.15) is 12.2 Å². The number of nitrogens with one attached hydrogen (secondary N) is 1. The van der Waals surface area contributed by atoms with Gasteiger partial charge in [0.05, 0.1) is 22.0 Å². The number of aryl methyl sites for hydroxylation is 4. The van der Waals surface area contributed by atoms with Crippen LogP contribution in [-0.4, -0.2) is 32.9 Å². The van der Waals surface area contributed by atoms with Gasteiger partial charge in [-0.3, -0.25) is 9.79 Å². The van der Waals surface area contributed by atoms with E-state index in [1.165, 1.54) is 16.7 Å². The molecule has 1 aromatic heterocycles. The monoisotopic (exact) mass is 497 g/mol. The standard InChI is InChI=1S/C29H28ClN5O/c1-17-10-22-13-27(33-26(22)12-18(17)2)24(21-8-6-5-7-9-21)15-31-29(36)28-19(3)11-23(14-25(28)30)35-16-32-20(4)34-35/h5-12,14,16,24H,13,15H2,1-4H3,(H,31,36). The van der Waals surface area contributed by atoms with Gasteiger partial charge in [0.2, 0.25) is 0 Å². The third-order valence-corrected chi connectivity index (χ3v) is 7.07. The summed E-state index contributed by atoms with van der Waals surface area (Å²) < 4.78 is 1.65. The van der Waals surface area contributed by atoms with Crippen molar-refractivity contribution in [2.45, 2.75) is 40.0 Å². The fourth-order valence-electron chi connectivity index (χ4n) is 4.71. The summed E-state index contributed by atoms with van der Waals surface area (Å²) in [6.07, 6.45) is 2.41. The number of fused-ring (bicyclic) bond motifs is 1. The van der Waals surface area contributed by atoms with Crippen LogP contribution < -0.4 is 5.32 Å². The molecule has 0 radical (unpaired) electrons. The number of carbonyl (C=O) groups is 1. The van der Waals surface area contributed by atoms with E-state index in [1.807, 2.05) is 38.1 Å². The minimum atomic E-state index is -0.206. The van der Waals surface area contributed by atoms with Crippen molar-refractivity contribution in [1.29, 1.82) is 0 Å². The molecule has 2 heterocycles. The highest BCUT2D eigenvalue weighted by molar-refractivity contribution is 6.34. The number of benzene rings is 3. The van der Waals surface area contributed by atoms with Crippen LogP contribution in [0.4, 0.5) is 5.69 Å². The maximum atomic E-state index is 13.3. The van der Waals surface area contributed by atoms with E-state index in [0.717, 1.165) is 34.6 Å². The number of amides is 1. The van der Waals surface area contributed by atoms with Gasteiger partial charge >= 0.3 is 0 Å². The maximum absolute atomic E-state index is 13.3. The van der Waals surface area contributed by atoms with Gasteiger partial charge in [-0.2, -0.15) is 5.10 Å². The van der Waals surface area contributed by atoms with Crippen LogP contribution in [0.5, 0.6) is 0 Å².